The summed E-state index contributed by atoms with van der Waals surface area (Å²) >= 11 is 8.99. The monoisotopic (exact) mass is 431 g/mol. The molecule has 1 N–H and O–H groups in total. The van der Waals surface area contributed by atoms with Gasteiger partial charge in [-0.15, -0.1) is 11.3 Å². The molecular weight excluding hydrogens is 414 g/mol. The number of benzene rings is 1. The summed E-state index contributed by atoms with van der Waals surface area (Å²) < 4.78 is 7.43. The zero-order valence-corrected chi connectivity index (χ0v) is 16.4. The van der Waals surface area contributed by atoms with Crippen molar-refractivity contribution in [3.8, 4) is 16.2 Å². The molecule has 1 aromatic heterocycles. The number of hydrogen-bond donors (Lipinski definition) is 1. The van der Waals surface area contributed by atoms with Crippen LogP contribution in [0.5, 0.6) is 5.75 Å². The summed E-state index contributed by atoms with van der Waals surface area (Å²) in [5, 5.41) is 3.53. The number of methoxy groups -OCH3 is 1. The first-order valence-corrected chi connectivity index (χ1v) is 9.37. The van der Waals surface area contributed by atoms with Gasteiger partial charge >= 0.3 is 0 Å². The highest BCUT2D eigenvalue weighted by Crippen LogP contribution is 2.40. The fraction of sp³-hybridized carbons (Fsp3) is 0.375. The van der Waals surface area contributed by atoms with Crippen LogP contribution in [0.1, 0.15) is 31.2 Å². The molecule has 2 aromatic rings. The van der Waals surface area contributed by atoms with E-state index in [1.165, 1.54) is 9.75 Å². The lowest BCUT2D eigenvalue weighted by Gasteiger charge is -2.13. The summed E-state index contributed by atoms with van der Waals surface area (Å²) in [5.41, 5.74) is 1.16. The maximum atomic E-state index is 5.40. The smallest absolute Gasteiger partial charge is 0.133 e. The van der Waals surface area contributed by atoms with Crippen LogP contribution in [0.15, 0.2) is 33.2 Å². The number of hydrogen-bond acceptors (Lipinski definition) is 3. The van der Waals surface area contributed by atoms with Gasteiger partial charge in [0.15, 0.2) is 0 Å². The molecule has 0 aliphatic carbocycles. The fourth-order valence-corrected chi connectivity index (χ4v) is 4.95. The molecule has 114 valence electrons. The fourth-order valence-electron chi connectivity index (χ4n) is 2.25. The first kappa shape index (κ1) is 17.0. The van der Waals surface area contributed by atoms with Gasteiger partial charge in [-0.2, -0.15) is 0 Å². The highest BCUT2D eigenvalue weighted by Gasteiger charge is 2.14. The molecule has 1 aromatic carbocycles. The Morgan fingerprint density at radius 3 is 2.57 bits per heavy atom. The molecule has 1 atom stereocenters. The van der Waals surface area contributed by atoms with E-state index in [4.69, 9.17) is 4.74 Å². The number of nitrogens with one attached hydrogen (secondary N) is 1. The molecule has 0 spiro atoms. The normalized spacial score (nSPS) is 12.4. The van der Waals surface area contributed by atoms with Gasteiger partial charge in [0.25, 0.3) is 0 Å². The average molecular weight is 433 g/mol. The van der Waals surface area contributed by atoms with E-state index < -0.39 is 0 Å². The largest absolute Gasteiger partial charge is 0.496 e. The maximum absolute atomic E-state index is 5.40. The van der Waals surface area contributed by atoms with Gasteiger partial charge in [-0.3, -0.25) is 0 Å². The standard InChI is InChI=1S/C16H19Br2NOS/c1-4-13(19-5-2)16-7-6-15(21-16)10-8-14(20-3)12(18)9-11(10)17/h6-9,13,19H,4-5H2,1-3H3. The molecule has 1 unspecified atom stereocenters. The maximum Gasteiger partial charge on any atom is 0.133 e. The Morgan fingerprint density at radius 1 is 1.19 bits per heavy atom. The van der Waals surface area contributed by atoms with E-state index in [-0.39, 0.29) is 0 Å². The van der Waals surface area contributed by atoms with E-state index >= 15 is 0 Å². The van der Waals surface area contributed by atoms with E-state index in [0.717, 1.165) is 33.2 Å². The zero-order valence-electron chi connectivity index (χ0n) is 12.4. The lowest BCUT2D eigenvalue weighted by Crippen LogP contribution is -2.18. The van der Waals surface area contributed by atoms with Crippen molar-refractivity contribution in [1.82, 2.24) is 5.32 Å². The van der Waals surface area contributed by atoms with E-state index in [0.29, 0.717) is 6.04 Å². The molecule has 0 aliphatic rings. The Bertz CT molecular complexity index is 612. The number of rotatable bonds is 6. The van der Waals surface area contributed by atoms with Crippen LogP contribution in [0.25, 0.3) is 10.4 Å². The molecule has 0 saturated carbocycles. The minimum atomic E-state index is 0.435. The second kappa shape index (κ2) is 7.77. The van der Waals surface area contributed by atoms with E-state index in [2.05, 4.69) is 69.2 Å². The molecule has 2 nitrogen and oxygen atoms in total. The van der Waals surface area contributed by atoms with Crippen molar-refractivity contribution >= 4 is 43.2 Å². The Hall–Kier alpha value is -0.360. The third-order valence-corrected chi connectivity index (χ3v) is 5.84. The van der Waals surface area contributed by atoms with E-state index in [1.807, 2.05) is 17.4 Å². The SMILES string of the molecule is CCNC(CC)c1ccc(-c2cc(OC)c(Br)cc2Br)s1. The summed E-state index contributed by atoms with van der Waals surface area (Å²) in [4.78, 5) is 2.63. The lowest BCUT2D eigenvalue weighted by molar-refractivity contribution is 0.412. The van der Waals surface area contributed by atoms with Crippen LogP contribution in [-0.2, 0) is 0 Å². The lowest BCUT2D eigenvalue weighted by atomic mass is 10.1. The van der Waals surface area contributed by atoms with Crippen molar-refractivity contribution in [2.24, 2.45) is 0 Å². The number of thiophene rings is 1. The van der Waals surface area contributed by atoms with Gasteiger partial charge in [-0.1, -0.05) is 29.8 Å². The highest BCUT2D eigenvalue weighted by molar-refractivity contribution is 9.11. The van der Waals surface area contributed by atoms with Crippen molar-refractivity contribution < 1.29 is 4.74 Å². The van der Waals surface area contributed by atoms with Crippen LogP contribution in [0.3, 0.4) is 0 Å². The molecule has 21 heavy (non-hydrogen) atoms. The van der Waals surface area contributed by atoms with Crippen LogP contribution < -0.4 is 10.1 Å². The van der Waals surface area contributed by atoms with Crippen LogP contribution >= 0.6 is 43.2 Å². The molecular formula is C16H19Br2NOS. The summed E-state index contributed by atoms with van der Waals surface area (Å²) in [5.74, 6) is 0.849. The Labute approximate surface area is 147 Å². The van der Waals surface area contributed by atoms with Crippen molar-refractivity contribution in [2.75, 3.05) is 13.7 Å². The van der Waals surface area contributed by atoms with E-state index in [9.17, 15) is 0 Å². The second-order valence-corrected chi connectivity index (χ2v) is 7.51. The molecule has 0 radical (unpaired) electrons. The van der Waals surface area contributed by atoms with Crippen LogP contribution in [0, 0.1) is 0 Å². The van der Waals surface area contributed by atoms with Crippen molar-refractivity contribution in [3.05, 3.63) is 38.1 Å². The Kier molecular flexibility index (Phi) is 6.29. The molecule has 1 heterocycles. The summed E-state index contributed by atoms with van der Waals surface area (Å²) in [6, 6.07) is 8.95. The topological polar surface area (TPSA) is 21.3 Å². The van der Waals surface area contributed by atoms with Gasteiger partial charge in [0.2, 0.25) is 0 Å². The van der Waals surface area contributed by atoms with Crippen molar-refractivity contribution in [3.63, 3.8) is 0 Å². The second-order valence-electron chi connectivity index (χ2n) is 4.69. The molecule has 5 heteroatoms. The van der Waals surface area contributed by atoms with Gasteiger partial charge < -0.3 is 10.1 Å². The summed E-state index contributed by atoms with van der Waals surface area (Å²) in [6.45, 7) is 5.35. The predicted molar refractivity (Wildman–Crippen MR) is 98.4 cm³/mol. The first-order valence-electron chi connectivity index (χ1n) is 6.97. The average Bonchev–Trinajstić information content (AvgIpc) is 2.94. The molecule has 0 aliphatic heterocycles. The van der Waals surface area contributed by atoms with Gasteiger partial charge in [0, 0.05) is 25.8 Å². The molecule has 0 saturated heterocycles. The van der Waals surface area contributed by atoms with Crippen molar-refractivity contribution in [1.29, 1.82) is 0 Å². The van der Waals surface area contributed by atoms with Gasteiger partial charge in [0.1, 0.15) is 5.75 Å². The van der Waals surface area contributed by atoms with Crippen LogP contribution in [0.4, 0.5) is 0 Å². The van der Waals surface area contributed by atoms with E-state index in [1.54, 1.807) is 7.11 Å². The first-order chi connectivity index (χ1) is 10.1. The minimum Gasteiger partial charge on any atom is -0.496 e. The zero-order chi connectivity index (χ0) is 15.4. The van der Waals surface area contributed by atoms with Crippen LogP contribution in [0.2, 0.25) is 0 Å². The third-order valence-electron chi connectivity index (χ3n) is 3.34. The summed E-state index contributed by atoms with van der Waals surface area (Å²) in [6.07, 6.45) is 1.10. The predicted octanol–water partition coefficient (Wildman–Crippen LogP) is 6.01. The number of ether oxygens (including phenoxy) is 1. The van der Waals surface area contributed by atoms with Gasteiger partial charge in [0.05, 0.1) is 11.6 Å². The van der Waals surface area contributed by atoms with Gasteiger partial charge in [-0.05, 0) is 53.2 Å². The highest BCUT2D eigenvalue weighted by atomic mass is 79.9. The number of halogens is 2. The molecule has 0 fully saturated rings. The minimum absolute atomic E-state index is 0.435. The third kappa shape index (κ3) is 3.89. The van der Waals surface area contributed by atoms with Crippen LogP contribution in [-0.4, -0.2) is 13.7 Å². The molecule has 0 amide bonds. The Morgan fingerprint density at radius 2 is 1.95 bits per heavy atom. The molecule has 2 rings (SSSR count). The van der Waals surface area contributed by atoms with Crippen molar-refractivity contribution in [2.45, 2.75) is 26.3 Å². The summed E-state index contributed by atoms with van der Waals surface area (Å²) in [7, 11) is 1.69. The Balaban J connectivity index is 2.37. The quantitative estimate of drug-likeness (QED) is 0.603. The molecule has 0 bridgehead atoms. The van der Waals surface area contributed by atoms with Gasteiger partial charge in [-0.25, -0.2) is 0 Å².